The highest BCUT2D eigenvalue weighted by Gasteiger charge is 2.43. The van der Waals surface area contributed by atoms with Crippen molar-refractivity contribution in [3.8, 4) is 5.75 Å². The van der Waals surface area contributed by atoms with Gasteiger partial charge in [0.1, 0.15) is 5.75 Å². The molecule has 4 rings (SSSR count). The van der Waals surface area contributed by atoms with E-state index in [0.717, 1.165) is 24.8 Å². The van der Waals surface area contributed by atoms with Crippen molar-refractivity contribution in [3.63, 3.8) is 0 Å². The van der Waals surface area contributed by atoms with Crippen LogP contribution in [0.1, 0.15) is 24.8 Å². The third-order valence-electron chi connectivity index (χ3n) is 6.74. The molecule has 4 amide bonds. The number of carbonyl (C=O) groups excluding carboxylic acids is 2. The van der Waals surface area contributed by atoms with E-state index in [1.165, 1.54) is 12.1 Å². The lowest BCUT2D eigenvalue weighted by Gasteiger charge is -2.39. The third kappa shape index (κ3) is 5.11. The minimum atomic E-state index is -3.92. The maximum absolute atomic E-state index is 12.7. The molecule has 0 radical (unpaired) electrons. The Balaban J connectivity index is 1.31. The molecule has 2 N–H and O–H groups in total. The summed E-state index contributed by atoms with van der Waals surface area (Å²) < 4.78 is 32.6. The van der Waals surface area contributed by atoms with E-state index in [2.05, 4.69) is 10.0 Å². The number of para-hydroxylation sites is 2. The first-order valence-electron chi connectivity index (χ1n) is 11.3. The lowest BCUT2D eigenvalue weighted by Crippen LogP contribution is -2.47. The maximum atomic E-state index is 12.7. The van der Waals surface area contributed by atoms with Gasteiger partial charge in [0, 0.05) is 26.2 Å². The summed E-state index contributed by atoms with van der Waals surface area (Å²) >= 11 is 0. The molecule has 0 atom stereocenters. The summed E-state index contributed by atoms with van der Waals surface area (Å²) in [5.74, 6) is 0.599. The van der Waals surface area contributed by atoms with Gasteiger partial charge in [0.2, 0.25) is 0 Å². The monoisotopic (exact) mass is 486 g/mol. The number of sulfonamides is 1. The Kier molecular flexibility index (Phi) is 6.70. The Bertz CT molecular complexity index is 1160. The molecule has 2 aliphatic rings. The minimum absolute atomic E-state index is 0.0646. The molecular weight excluding hydrogens is 456 g/mol. The lowest BCUT2D eigenvalue weighted by atomic mass is 9.78. The van der Waals surface area contributed by atoms with Crippen LogP contribution in [0.2, 0.25) is 0 Å². The molecule has 10 heteroatoms. The van der Waals surface area contributed by atoms with Crippen LogP contribution in [-0.2, 0) is 10.0 Å². The number of aryl methyl sites for hydroxylation is 1. The SMILES string of the molecule is COc1ccccc1NC(=O)N1CCC2(CC1)CCN(C(=O)NS(=O)(=O)c1ccc(C)cc1)C2. The van der Waals surface area contributed by atoms with Gasteiger partial charge in [0.05, 0.1) is 17.7 Å². The molecule has 2 aromatic carbocycles. The Morgan fingerprint density at radius 2 is 1.53 bits per heavy atom. The number of urea groups is 2. The van der Waals surface area contributed by atoms with E-state index in [-0.39, 0.29) is 16.3 Å². The van der Waals surface area contributed by atoms with E-state index in [1.807, 2.05) is 19.1 Å². The third-order valence-corrected chi connectivity index (χ3v) is 8.07. The summed E-state index contributed by atoms with van der Waals surface area (Å²) in [6.45, 7) is 3.97. The Morgan fingerprint density at radius 3 is 2.18 bits per heavy atom. The summed E-state index contributed by atoms with van der Waals surface area (Å²) in [6, 6.07) is 12.8. The average Bonchev–Trinajstić information content (AvgIpc) is 3.23. The Labute approximate surface area is 200 Å². The molecule has 182 valence electrons. The fourth-order valence-corrected chi connectivity index (χ4v) is 5.57. The average molecular weight is 487 g/mol. The zero-order valence-electron chi connectivity index (χ0n) is 19.4. The number of hydrogen-bond acceptors (Lipinski definition) is 5. The van der Waals surface area contributed by atoms with Gasteiger partial charge in [0.15, 0.2) is 0 Å². The number of anilines is 1. The number of benzene rings is 2. The van der Waals surface area contributed by atoms with Crippen molar-refractivity contribution in [1.82, 2.24) is 14.5 Å². The van der Waals surface area contributed by atoms with Gasteiger partial charge >= 0.3 is 12.1 Å². The van der Waals surface area contributed by atoms with Gasteiger partial charge in [-0.05, 0) is 55.9 Å². The summed E-state index contributed by atoms with van der Waals surface area (Å²) in [6.07, 6.45) is 2.29. The van der Waals surface area contributed by atoms with Gasteiger partial charge in [-0.15, -0.1) is 0 Å². The molecule has 0 bridgehead atoms. The molecule has 2 aliphatic heterocycles. The highest BCUT2D eigenvalue weighted by molar-refractivity contribution is 7.90. The van der Waals surface area contributed by atoms with Crippen LogP contribution in [0.25, 0.3) is 0 Å². The molecule has 9 nitrogen and oxygen atoms in total. The number of piperidine rings is 1. The molecule has 2 aromatic rings. The molecule has 0 aliphatic carbocycles. The number of nitrogens with one attached hydrogen (secondary N) is 2. The zero-order chi connectivity index (χ0) is 24.3. The first-order valence-corrected chi connectivity index (χ1v) is 12.8. The van der Waals surface area contributed by atoms with Crippen molar-refractivity contribution in [1.29, 1.82) is 0 Å². The van der Waals surface area contributed by atoms with Crippen LogP contribution in [0.5, 0.6) is 5.75 Å². The number of ether oxygens (including phenoxy) is 1. The van der Waals surface area contributed by atoms with Gasteiger partial charge in [0.25, 0.3) is 10.0 Å². The molecule has 2 heterocycles. The minimum Gasteiger partial charge on any atom is -0.495 e. The van der Waals surface area contributed by atoms with Crippen LogP contribution < -0.4 is 14.8 Å². The number of rotatable bonds is 4. The van der Waals surface area contributed by atoms with Crippen LogP contribution in [-0.4, -0.2) is 63.6 Å². The normalized spacial score (nSPS) is 17.5. The highest BCUT2D eigenvalue weighted by atomic mass is 32.2. The van der Waals surface area contributed by atoms with E-state index in [0.29, 0.717) is 37.6 Å². The van der Waals surface area contributed by atoms with E-state index >= 15 is 0 Å². The largest absolute Gasteiger partial charge is 0.495 e. The molecule has 34 heavy (non-hydrogen) atoms. The van der Waals surface area contributed by atoms with Crippen molar-refractivity contribution in [2.75, 3.05) is 38.6 Å². The number of nitrogens with zero attached hydrogens (tertiary/aromatic N) is 2. The van der Waals surface area contributed by atoms with E-state index in [9.17, 15) is 18.0 Å². The van der Waals surface area contributed by atoms with Crippen molar-refractivity contribution < 1.29 is 22.7 Å². The van der Waals surface area contributed by atoms with E-state index < -0.39 is 16.1 Å². The zero-order valence-corrected chi connectivity index (χ0v) is 20.2. The first kappa shape index (κ1) is 23.9. The predicted molar refractivity (Wildman–Crippen MR) is 128 cm³/mol. The van der Waals surface area contributed by atoms with E-state index in [1.54, 1.807) is 41.2 Å². The topological polar surface area (TPSA) is 108 Å². The summed E-state index contributed by atoms with van der Waals surface area (Å²) in [7, 11) is -2.36. The summed E-state index contributed by atoms with van der Waals surface area (Å²) in [5, 5.41) is 2.90. The van der Waals surface area contributed by atoms with E-state index in [4.69, 9.17) is 4.74 Å². The number of amides is 4. The van der Waals surface area contributed by atoms with Gasteiger partial charge < -0.3 is 19.9 Å². The summed E-state index contributed by atoms with van der Waals surface area (Å²) in [4.78, 5) is 28.9. The fraction of sp³-hybridized carbons (Fsp3) is 0.417. The van der Waals surface area contributed by atoms with Crippen LogP contribution in [0.3, 0.4) is 0 Å². The number of methoxy groups -OCH3 is 1. The molecule has 0 aromatic heterocycles. The number of hydrogen-bond donors (Lipinski definition) is 2. The standard InChI is InChI=1S/C24H30N4O5S/c1-18-7-9-19(10-8-18)34(31,32)26-23(30)28-16-13-24(17-28)11-14-27(15-12-24)22(29)25-20-5-3-4-6-21(20)33-2/h3-10H,11-17H2,1-2H3,(H,25,29)(H,26,30). The number of likely N-dealkylation sites (tertiary alicyclic amines) is 2. The molecule has 2 fully saturated rings. The van der Waals surface area contributed by atoms with Crippen LogP contribution in [0, 0.1) is 12.3 Å². The molecule has 0 saturated carbocycles. The second-order valence-electron chi connectivity index (χ2n) is 9.01. The number of carbonyl (C=O) groups is 2. The molecule has 1 spiro atoms. The predicted octanol–water partition coefficient (Wildman–Crippen LogP) is 3.42. The van der Waals surface area contributed by atoms with Gasteiger partial charge in [-0.3, -0.25) is 0 Å². The molecule has 0 unspecified atom stereocenters. The fourth-order valence-electron chi connectivity index (χ4n) is 4.60. The Morgan fingerprint density at radius 1 is 0.912 bits per heavy atom. The van der Waals surface area contributed by atoms with Crippen molar-refractivity contribution in [2.45, 2.75) is 31.1 Å². The van der Waals surface area contributed by atoms with Crippen molar-refractivity contribution in [2.24, 2.45) is 5.41 Å². The highest BCUT2D eigenvalue weighted by Crippen LogP contribution is 2.40. The second-order valence-corrected chi connectivity index (χ2v) is 10.7. The van der Waals surface area contributed by atoms with Crippen LogP contribution in [0.15, 0.2) is 53.4 Å². The molecular formula is C24H30N4O5S. The second kappa shape index (κ2) is 9.54. The smallest absolute Gasteiger partial charge is 0.331 e. The van der Waals surface area contributed by atoms with Gasteiger partial charge in [-0.25, -0.2) is 22.7 Å². The van der Waals surface area contributed by atoms with Crippen LogP contribution in [0.4, 0.5) is 15.3 Å². The quantitative estimate of drug-likeness (QED) is 0.689. The van der Waals surface area contributed by atoms with Gasteiger partial charge in [-0.1, -0.05) is 29.8 Å². The molecule has 2 saturated heterocycles. The van der Waals surface area contributed by atoms with Crippen LogP contribution >= 0.6 is 0 Å². The Hall–Kier alpha value is -3.27. The lowest BCUT2D eigenvalue weighted by molar-refractivity contribution is 0.127. The van der Waals surface area contributed by atoms with Crippen molar-refractivity contribution >= 4 is 27.8 Å². The van der Waals surface area contributed by atoms with Crippen molar-refractivity contribution in [3.05, 3.63) is 54.1 Å². The summed E-state index contributed by atoms with van der Waals surface area (Å²) in [5.41, 5.74) is 1.45. The van der Waals surface area contributed by atoms with Gasteiger partial charge in [-0.2, -0.15) is 0 Å². The first-order chi connectivity index (χ1) is 16.2. The maximum Gasteiger partial charge on any atom is 0.331 e.